The molecule has 5 N–H and O–H groups in total. The first-order valence-corrected chi connectivity index (χ1v) is 55.5. The molecule has 2 unspecified atom stereocenters. The maximum absolute atomic E-state index is 13.4. The van der Waals surface area contributed by atoms with Crippen LogP contribution in [-0.2, 0) is 73.1 Å². The Morgan fingerprint density at radius 1 is 0.281 bits per heavy atom. The molecule has 0 fully saturated rings. The summed E-state index contributed by atoms with van der Waals surface area (Å²) < 4.78 is 91.9. The highest BCUT2D eigenvalue weighted by Gasteiger charge is 2.42. The van der Waals surface area contributed by atoms with Gasteiger partial charge in [0.05, 0.1) is 11.1 Å². The van der Waals surface area contributed by atoms with Crippen LogP contribution in [0.2, 0.25) is 18.1 Å². The van der Waals surface area contributed by atoms with E-state index in [2.05, 4.69) is 64.5 Å². The van der Waals surface area contributed by atoms with E-state index < -0.39 is 68.8 Å². The number of phenolic OH excluding ortho intramolecular Hbond substituents is 2. The Balaban J connectivity index is 0.000000290. The molecular weight excluding hydrogens is 1910 g/mol. The van der Waals surface area contributed by atoms with Crippen molar-refractivity contribution >= 4 is 56.6 Å². The average molecular weight is 2050 g/mol. The van der Waals surface area contributed by atoms with Crippen LogP contribution in [0, 0.1) is 0 Å². The van der Waals surface area contributed by atoms with Crippen LogP contribution in [-0.4, -0.2) is 246 Å². The number of aromatic nitrogens is 6. The molecule has 2 aromatic heterocycles. The Labute approximate surface area is 857 Å². The van der Waals surface area contributed by atoms with Crippen LogP contribution in [0.25, 0.3) is 113 Å². The predicted octanol–water partition coefficient (Wildman–Crippen LogP) is 20.2. The zero-order valence-corrected chi connectivity index (χ0v) is 87.9. The molecule has 146 heavy (non-hydrogen) atoms. The van der Waals surface area contributed by atoms with Crippen molar-refractivity contribution < 1.29 is 107 Å². The lowest BCUT2D eigenvalue weighted by Gasteiger charge is -2.28. The fraction of sp³-hybridized carbons (Fsp3) is 0.355. The van der Waals surface area contributed by atoms with Crippen LogP contribution >= 0.6 is 0 Å². The van der Waals surface area contributed by atoms with E-state index in [1.54, 1.807) is 31.2 Å². The Hall–Kier alpha value is -13.6. The molecule has 12 rings (SSSR count). The van der Waals surface area contributed by atoms with Gasteiger partial charge in [-0.15, -0.1) is 0 Å². The monoisotopic (exact) mass is 2050 g/mol. The number of nitrogens with one attached hydrogen (secondary N) is 3. The lowest BCUT2D eigenvalue weighted by atomic mass is 10.0. The van der Waals surface area contributed by atoms with E-state index >= 15 is 0 Å². The predicted molar refractivity (Wildman–Crippen MR) is 564 cm³/mol. The molecule has 2 heterocycles. The van der Waals surface area contributed by atoms with E-state index in [-0.39, 0.29) is 87.3 Å². The standard InChI is InChI=1S/C62H82N6O14Si2.C48H52N4O9Si/c1-8-76-83(77-9-2,78-10-3)44-20-36-63-61(71)74-42-39-68(40-43-75-62(72)64-37-21-45-84(79-11-4,80-12-5)81-13-6)38-41-73-60(70)47(7)82-54-34-35-55(56(69)46-54)59-66-57(52-30-26-50(27-31-52)48-22-16-14-17-23-48)65-58(67-59)53-32-28-51(29-33-53)49-24-18-15-19-25-49;1-5-58-62(59-6-2,60-7-3)32-14-29-49-48(55)57-31-30-56-47(54)34(4)61-41-27-28-42(43(53)33-41)46-51-44(39-23-19-37(20-24-39)35-15-10-8-11-16-35)50-45(52-46)40-25-21-38(22-26-40)36-17-12-9-13-18-36/h14-19,22-35,46-47,69H,8-13,20-21,36-45H2,1-7H3,(H,63,71)(H,64,72);8-13,15-28,33-34,53H,5-7,14,29-32H2,1-4H3,(H,49,55). The van der Waals surface area contributed by atoms with Crippen molar-refractivity contribution in [3.05, 3.63) is 255 Å². The Morgan fingerprint density at radius 3 is 0.753 bits per heavy atom. The second kappa shape index (κ2) is 59.8. The zero-order chi connectivity index (χ0) is 104. The van der Waals surface area contributed by atoms with Crippen molar-refractivity contribution in [1.29, 1.82) is 0 Å². The largest absolute Gasteiger partial charge is 0.507 e. The van der Waals surface area contributed by atoms with Crippen molar-refractivity contribution in [2.45, 2.75) is 126 Å². The van der Waals surface area contributed by atoms with Crippen molar-refractivity contribution in [3.8, 4) is 136 Å². The first kappa shape index (κ1) is 113. The number of amides is 3. The van der Waals surface area contributed by atoms with Crippen molar-refractivity contribution in [1.82, 2.24) is 50.8 Å². The minimum atomic E-state index is -2.87. The smallest absolute Gasteiger partial charge is 0.500 e. The van der Waals surface area contributed by atoms with Gasteiger partial charge in [-0.3, -0.25) is 4.90 Å². The first-order chi connectivity index (χ1) is 71.1. The summed E-state index contributed by atoms with van der Waals surface area (Å²) in [5.74, 6) is 0.911. The molecule has 0 radical (unpaired) electrons. The number of carbonyl (C=O) groups excluding carboxylic acids is 5. The third-order valence-electron chi connectivity index (χ3n) is 22.5. The maximum atomic E-state index is 13.4. The molecular formula is C110H134N10O23Si3. The molecule has 0 saturated carbocycles. The minimum absolute atomic E-state index is 0.0114. The molecule has 33 nitrogen and oxygen atoms in total. The highest BCUT2D eigenvalue weighted by molar-refractivity contribution is 6.61. The molecule has 0 aliphatic carbocycles. The number of alkyl carbamates (subject to hydrolysis) is 3. The summed E-state index contributed by atoms with van der Waals surface area (Å²) >= 11 is 0. The molecule has 10 aromatic carbocycles. The van der Waals surface area contributed by atoms with Crippen LogP contribution in [0.5, 0.6) is 23.0 Å². The Morgan fingerprint density at radius 2 is 0.500 bits per heavy atom. The van der Waals surface area contributed by atoms with E-state index in [0.29, 0.717) is 151 Å². The lowest BCUT2D eigenvalue weighted by molar-refractivity contribution is -0.152. The molecule has 12 aromatic rings. The van der Waals surface area contributed by atoms with E-state index in [1.807, 2.05) is 237 Å². The number of nitrogens with zero attached hydrogens (tertiary/aromatic N) is 7. The van der Waals surface area contributed by atoms with Crippen LogP contribution in [0.3, 0.4) is 0 Å². The molecule has 36 heteroatoms. The lowest BCUT2D eigenvalue weighted by Crippen LogP contribution is -2.46. The van der Waals surface area contributed by atoms with E-state index in [9.17, 15) is 34.2 Å². The van der Waals surface area contributed by atoms with Gasteiger partial charge in [0.15, 0.2) is 47.2 Å². The highest BCUT2D eigenvalue weighted by Crippen LogP contribution is 2.38. The fourth-order valence-corrected chi connectivity index (χ4v) is 23.5. The molecule has 0 bridgehead atoms. The molecule has 0 aliphatic heterocycles. The third kappa shape index (κ3) is 35.1. The van der Waals surface area contributed by atoms with E-state index in [0.717, 1.165) is 66.8 Å². The van der Waals surface area contributed by atoms with Gasteiger partial charge in [0, 0.05) is 151 Å². The summed E-state index contributed by atoms with van der Waals surface area (Å²) in [6.45, 7) is 25.4. The van der Waals surface area contributed by atoms with Gasteiger partial charge in [0.25, 0.3) is 0 Å². The van der Waals surface area contributed by atoms with Gasteiger partial charge < -0.3 is 99.2 Å². The fourth-order valence-electron chi connectivity index (χ4n) is 15.6. The normalized spacial score (nSPS) is 11.9. The maximum Gasteiger partial charge on any atom is 0.500 e. The van der Waals surface area contributed by atoms with E-state index in [1.165, 1.54) is 19.1 Å². The number of phenols is 2. The zero-order valence-electron chi connectivity index (χ0n) is 84.9. The number of hydrogen-bond acceptors (Lipinski definition) is 30. The third-order valence-corrected chi connectivity index (χ3v) is 32.0. The van der Waals surface area contributed by atoms with Crippen molar-refractivity contribution in [3.63, 3.8) is 0 Å². The number of rotatable bonds is 58. The molecule has 2 atom stereocenters. The highest BCUT2D eigenvalue weighted by atomic mass is 28.4. The van der Waals surface area contributed by atoms with Crippen LogP contribution in [0.4, 0.5) is 14.4 Å². The van der Waals surface area contributed by atoms with Gasteiger partial charge in [-0.1, -0.05) is 218 Å². The molecule has 0 aliphatic rings. The molecule has 774 valence electrons. The summed E-state index contributed by atoms with van der Waals surface area (Å²) in [6, 6.07) is 83.1. The van der Waals surface area contributed by atoms with Gasteiger partial charge in [-0.25, -0.2) is 53.9 Å². The topological polar surface area (TPSA) is 390 Å². The molecule has 3 amide bonds. The minimum Gasteiger partial charge on any atom is -0.507 e. The van der Waals surface area contributed by atoms with Gasteiger partial charge in [-0.2, -0.15) is 0 Å². The first-order valence-electron chi connectivity index (χ1n) is 49.8. The van der Waals surface area contributed by atoms with Crippen LogP contribution in [0.1, 0.15) is 95.4 Å². The summed E-state index contributed by atoms with van der Waals surface area (Å²) in [6.07, 6.45) is -2.29. The second-order valence-corrected chi connectivity index (χ2v) is 41.1. The van der Waals surface area contributed by atoms with Gasteiger partial charge in [-0.05, 0) is 164 Å². The summed E-state index contributed by atoms with van der Waals surface area (Å²) in [5, 5.41) is 31.0. The number of ether oxygens (including phenoxy) is 7. The second-order valence-electron chi connectivity index (χ2n) is 32.9. The SMILES string of the molecule is CCO[Si](CCCNC(=O)OCCN(CCOC(=O)NCCC[Si](OCC)(OCC)OCC)CCOC(=O)C(C)Oc1ccc(-c2nc(-c3ccc(-c4ccccc4)cc3)nc(-c3ccc(-c4ccccc4)cc3)n2)c(O)c1)(OCC)OCC.CCO[Si](CCCNC(=O)OCCOC(=O)C(C)Oc1ccc(-c2nc(-c3ccc(-c4ccccc4)cc3)nc(-c3ccc(-c4ccccc4)cc3)n2)c(O)c1)(OCC)OCC. The number of benzene rings is 10. The number of aromatic hydroxyl groups is 2. The molecule has 0 saturated heterocycles. The van der Waals surface area contributed by atoms with Gasteiger partial charge in [0.2, 0.25) is 0 Å². The number of hydrogen-bond donors (Lipinski definition) is 5. The van der Waals surface area contributed by atoms with Gasteiger partial charge >= 0.3 is 56.6 Å². The Bertz CT molecular complexity index is 5680. The molecule has 0 spiro atoms. The Kier molecular flexibility index (Phi) is 46.1. The van der Waals surface area contributed by atoms with Crippen molar-refractivity contribution in [2.24, 2.45) is 0 Å². The van der Waals surface area contributed by atoms with Crippen LogP contribution < -0.4 is 25.4 Å². The summed E-state index contributed by atoms with van der Waals surface area (Å²) in [5.41, 5.74) is 12.2. The number of esters is 2. The van der Waals surface area contributed by atoms with Gasteiger partial charge in [0.1, 0.15) is 56.0 Å². The summed E-state index contributed by atoms with van der Waals surface area (Å²) in [7, 11) is -8.55. The average Bonchev–Trinajstić information content (AvgIpc) is 0.788. The van der Waals surface area contributed by atoms with E-state index in [4.69, 9.17) is 103 Å². The summed E-state index contributed by atoms with van der Waals surface area (Å²) in [4.78, 5) is 94.8. The van der Waals surface area contributed by atoms with Crippen molar-refractivity contribution in [2.75, 3.05) is 132 Å². The van der Waals surface area contributed by atoms with Crippen LogP contribution in [0.15, 0.2) is 255 Å². The quantitative estimate of drug-likeness (QED) is 0.0102. The number of carbonyl (C=O) groups is 5.